The van der Waals surface area contributed by atoms with Crippen LogP contribution in [0.2, 0.25) is 25.7 Å². The van der Waals surface area contributed by atoms with E-state index >= 15 is 0 Å². The first-order valence-corrected chi connectivity index (χ1v) is 30.6. The Morgan fingerprint density at radius 1 is 0.613 bits per heavy atom. The van der Waals surface area contributed by atoms with Crippen LogP contribution in [0.3, 0.4) is 0 Å². The van der Waals surface area contributed by atoms with E-state index in [1.165, 1.54) is 0 Å². The number of carbonyl (C=O) groups is 3. The van der Waals surface area contributed by atoms with Crippen molar-refractivity contribution in [1.29, 1.82) is 0 Å². The summed E-state index contributed by atoms with van der Waals surface area (Å²) in [5.74, 6) is -6.73. The van der Waals surface area contributed by atoms with Crippen LogP contribution in [0.4, 0.5) is 0 Å². The molecule has 5 aliphatic heterocycles. The highest BCUT2D eigenvalue weighted by atomic mass is 28.3. The van der Waals surface area contributed by atoms with Crippen molar-refractivity contribution in [2.24, 2.45) is 0 Å². The Morgan fingerprint density at radius 3 is 1.65 bits per heavy atom. The number of carboxylic acids is 1. The van der Waals surface area contributed by atoms with Crippen LogP contribution in [0.1, 0.15) is 58.8 Å². The lowest BCUT2D eigenvalue weighted by Crippen LogP contribution is -2.71. The van der Waals surface area contributed by atoms with Crippen molar-refractivity contribution in [1.82, 2.24) is 10.6 Å². The van der Waals surface area contributed by atoms with Crippen LogP contribution in [0.25, 0.3) is 0 Å². The summed E-state index contributed by atoms with van der Waals surface area (Å²) < 4.78 is 58.3. The molecule has 80 heavy (non-hydrogen) atoms. The van der Waals surface area contributed by atoms with Crippen LogP contribution in [0, 0.1) is 0 Å². The number of ether oxygens (including phenoxy) is 10. The van der Waals surface area contributed by atoms with E-state index in [0.717, 1.165) is 26.2 Å². The highest BCUT2D eigenvalue weighted by Crippen LogP contribution is 2.40. The van der Waals surface area contributed by atoms with Crippen molar-refractivity contribution in [3.05, 3.63) is 0 Å². The highest BCUT2D eigenvalue weighted by Gasteiger charge is 2.61. The number of hydrogen-bond acceptors (Lipinski definition) is 28. The summed E-state index contributed by atoms with van der Waals surface area (Å²) in [6.45, 7) is 4.37. The average molecular weight is 1180 g/mol. The van der Waals surface area contributed by atoms with Gasteiger partial charge in [0.15, 0.2) is 25.2 Å². The van der Waals surface area contributed by atoms with Crippen LogP contribution in [-0.4, -0.2) is 306 Å². The molecule has 5 rings (SSSR count). The second-order valence-corrected chi connectivity index (χ2v) is 27.7. The molecule has 26 atom stereocenters. The molecule has 18 N–H and O–H groups in total. The van der Waals surface area contributed by atoms with Gasteiger partial charge in [-0.1, -0.05) is 52.2 Å². The summed E-state index contributed by atoms with van der Waals surface area (Å²) >= 11 is 0. The van der Waals surface area contributed by atoms with Gasteiger partial charge in [-0.15, -0.1) is 0 Å². The van der Waals surface area contributed by atoms with E-state index in [1.807, 2.05) is 6.92 Å². The van der Waals surface area contributed by atoms with E-state index in [1.54, 1.807) is 0 Å². The largest absolute Gasteiger partial charge is 0.477 e. The molecule has 31 nitrogen and oxygen atoms in total. The number of aliphatic hydroxyl groups excluding tert-OH is 15. The lowest BCUT2D eigenvalue weighted by atomic mass is 9.88. The maximum Gasteiger partial charge on any atom is 0.364 e. The van der Waals surface area contributed by atoms with Crippen molar-refractivity contribution in [2.75, 3.05) is 39.6 Å². The summed E-state index contributed by atoms with van der Waals surface area (Å²) in [6, 6.07) is -2.79. The third-order valence-corrected chi connectivity index (χ3v) is 16.4. The van der Waals surface area contributed by atoms with Crippen molar-refractivity contribution in [2.45, 2.75) is 243 Å². The van der Waals surface area contributed by atoms with Gasteiger partial charge in [-0.05, 0) is 12.5 Å². The lowest BCUT2D eigenvalue weighted by molar-refractivity contribution is -0.390. The van der Waals surface area contributed by atoms with Gasteiger partial charge in [0.05, 0.1) is 45.2 Å². The number of amides is 2. The first kappa shape index (κ1) is 68.4. The molecule has 466 valence electrons. The van der Waals surface area contributed by atoms with Crippen molar-refractivity contribution < 1.29 is 143 Å². The molecule has 0 radical (unpaired) electrons. The van der Waals surface area contributed by atoms with E-state index in [9.17, 15) is 96.1 Å². The number of carboxylic acid groups (broad SMARTS) is 1. The fourth-order valence-corrected chi connectivity index (χ4v) is 10.8. The molecular formula is C48H86N2O29Si. The van der Waals surface area contributed by atoms with Crippen molar-refractivity contribution in [3.8, 4) is 0 Å². The molecule has 5 saturated heterocycles. The SMILES string of the molecule is CCCCCCCC(=O)N[C@H]1[C@H](O[C@H]2[C@@H](O)[C@@H](CO)O[C@@H](O[C@H]3[C@H](O)[C@@H](O)[C@H](OCC[Si](C)(C)C)O[C@@H]3CO)[C@@H]2O)O[C@H](CO)[C@@H](O[C@@H]2O[C@H](CO)[C@H](O)[C@H](O[C@]3(C(=O)O)C[C@H](O)[C@@H](NC(C)=O)[C@H]([C@H](O)[C@H](O)CO)O3)[C@H]2O)[C@@H]1O. The van der Waals surface area contributed by atoms with Crippen LogP contribution >= 0.6 is 0 Å². The average Bonchev–Trinajstić information content (AvgIpc) is 3.41. The molecule has 32 heteroatoms. The molecule has 0 aromatic heterocycles. The molecule has 0 unspecified atom stereocenters. The predicted molar refractivity (Wildman–Crippen MR) is 267 cm³/mol. The summed E-state index contributed by atoms with van der Waals surface area (Å²) in [7, 11) is -1.62. The summed E-state index contributed by atoms with van der Waals surface area (Å²) in [5, 5.41) is 180. The number of nitrogens with one attached hydrogen (secondary N) is 2. The monoisotopic (exact) mass is 1180 g/mol. The minimum atomic E-state index is -3.17. The fraction of sp³-hybridized carbons (Fsp3) is 0.938. The lowest BCUT2D eigenvalue weighted by Gasteiger charge is -2.51. The molecule has 0 aromatic rings. The molecule has 5 aliphatic rings. The number of hydrogen-bond donors (Lipinski definition) is 18. The molecule has 2 amide bonds. The standard InChI is InChI=1S/C48H86N2O29Si/c1-6-7-8-9-10-11-27(59)50-29-33(63)38(75-46-37(67)42(32(62)24(17-53)72-46)79-48(47(68)69)14-21(57)28(49-20(2)56)40(78-48)30(60)22(58)15-51)25(18-54)73-43(29)77-41-31(61)23(16-52)71-45(36(41)66)76-39-26(19-55)74-44(35(65)34(39)64)70-12-13-80(3,4)5/h21-26,28-46,51-55,57-58,60-67H,6-19H2,1-5H3,(H,49,56)(H,50,59)(H,68,69)/t21-,22+,23+,24+,25+,26+,28+,29+,30+,31-,32-,33+,34+,35+,36+,37+,38+,39+,40+,41-,42-,43-,44+,45-,46-,48-/m0/s1. The Morgan fingerprint density at radius 2 is 1.12 bits per heavy atom. The number of rotatable bonds is 28. The summed E-state index contributed by atoms with van der Waals surface area (Å²) in [5.41, 5.74) is 0. The van der Waals surface area contributed by atoms with E-state index < -0.39 is 224 Å². The van der Waals surface area contributed by atoms with Crippen LogP contribution in [-0.2, 0) is 61.8 Å². The molecule has 0 spiro atoms. The van der Waals surface area contributed by atoms with Gasteiger partial charge in [0.2, 0.25) is 11.8 Å². The van der Waals surface area contributed by atoms with Gasteiger partial charge >= 0.3 is 5.97 Å². The number of aliphatic hydroxyl groups is 15. The molecule has 0 bridgehead atoms. The zero-order chi connectivity index (χ0) is 59.6. The third-order valence-electron chi connectivity index (χ3n) is 14.7. The zero-order valence-electron chi connectivity index (χ0n) is 45.3. The van der Waals surface area contributed by atoms with Crippen LogP contribution < -0.4 is 10.6 Å². The maximum atomic E-state index is 13.7. The van der Waals surface area contributed by atoms with Crippen LogP contribution in [0.5, 0.6) is 0 Å². The minimum Gasteiger partial charge on any atom is -0.477 e. The van der Waals surface area contributed by atoms with E-state index in [0.29, 0.717) is 18.9 Å². The van der Waals surface area contributed by atoms with Gasteiger partial charge < -0.3 is 140 Å². The van der Waals surface area contributed by atoms with E-state index in [2.05, 4.69) is 30.3 Å². The Kier molecular flexibility index (Phi) is 26.2. The van der Waals surface area contributed by atoms with Crippen LogP contribution in [0.15, 0.2) is 0 Å². The zero-order valence-corrected chi connectivity index (χ0v) is 46.3. The Balaban J connectivity index is 1.43. The minimum absolute atomic E-state index is 0.127. The van der Waals surface area contributed by atoms with Crippen molar-refractivity contribution >= 4 is 25.9 Å². The smallest absolute Gasteiger partial charge is 0.364 e. The van der Waals surface area contributed by atoms with Gasteiger partial charge in [-0.25, -0.2) is 4.79 Å². The molecule has 0 aliphatic carbocycles. The van der Waals surface area contributed by atoms with Gasteiger partial charge in [0, 0.05) is 34.4 Å². The molecular weight excluding hydrogens is 1100 g/mol. The second kappa shape index (κ2) is 30.6. The second-order valence-electron chi connectivity index (χ2n) is 22.0. The number of carbonyl (C=O) groups excluding carboxylic acids is 2. The van der Waals surface area contributed by atoms with E-state index in [-0.39, 0.29) is 13.0 Å². The van der Waals surface area contributed by atoms with Gasteiger partial charge in [0.25, 0.3) is 5.79 Å². The van der Waals surface area contributed by atoms with Gasteiger partial charge in [0.1, 0.15) is 116 Å². The first-order chi connectivity index (χ1) is 37.7. The number of unbranched alkanes of at least 4 members (excludes halogenated alkanes) is 4. The quantitative estimate of drug-likeness (QED) is 0.0256. The fourth-order valence-electron chi connectivity index (χ4n) is 10.1. The Bertz CT molecular complexity index is 1910. The van der Waals surface area contributed by atoms with E-state index in [4.69, 9.17) is 47.4 Å². The molecule has 0 aromatic carbocycles. The third kappa shape index (κ3) is 16.7. The van der Waals surface area contributed by atoms with Gasteiger partial charge in [-0.2, -0.15) is 0 Å². The molecule has 0 saturated carbocycles. The maximum absolute atomic E-state index is 13.7. The molecule has 5 heterocycles. The highest BCUT2D eigenvalue weighted by molar-refractivity contribution is 6.76. The summed E-state index contributed by atoms with van der Waals surface area (Å²) in [4.78, 5) is 38.8. The predicted octanol–water partition coefficient (Wildman–Crippen LogP) is -7.73. The number of aliphatic carboxylic acids is 1. The van der Waals surface area contributed by atoms with Crippen molar-refractivity contribution in [3.63, 3.8) is 0 Å². The summed E-state index contributed by atoms with van der Waals surface area (Å²) in [6.07, 6.45) is -42.3. The topological polar surface area (TPSA) is 491 Å². The molecule has 5 fully saturated rings. The first-order valence-electron chi connectivity index (χ1n) is 26.9. The van der Waals surface area contributed by atoms with Gasteiger partial charge in [-0.3, -0.25) is 9.59 Å². The normalized spacial score (nSPS) is 41.6. The Hall–Kier alpha value is -2.37. The Labute approximate surface area is 462 Å².